The lowest BCUT2D eigenvalue weighted by molar-refractivity contribution is -0.116. The van der Waals surface area contributed by atoms with Crippen molar-refractivity contribution in [3.8, 4) is 0 Å². The number of carbonyl (C=O) groups is 1. The first kappa shape index (κ1) is 22.0. The maximum Gasteiger partial charge on any atom is 0.257 e. The Hall–Kier alpha value is -3.25. The van der Waals surface area contributed by atoms with Gasteiger partial charge in [0, 0.05) is 37.3 Å². The average molecular weight is 431 g/mol. The molecule has 1 amide bonds. The van der Waals surface area contributed by atoms with Crippen molar-refractivity contribution in [3.05, 3.63) is 93.2 Å². The second-order valence-electron chi connectivity index (χ2n) is 8.46. The molecule has 1 aliphatic heterocycles. The highest BCUT2D eigenvalue weighted by atomic mass is 16.2. The van der Waals surface area contributed by atoms with Crippen LogP contribution < -0.4 is 10.9 Å². The second-order valence-corrected chi connectivity index (χ2v) is 8.46. The van der Waals surface area contributed by atoms with E-state index in [4.69, 9.17) is 4.98 Å². The fourth-order valence-electron chi connectivity index (χ4n) is 4.25. The van der Waals surface area contributed by atoms with Gasteiger partial charge in [-0.15, -0.1) is 0 Å². The summed E-state index contributed by atoms with van der Waals surface area (Å²) in [4.78, 5) is 33.3. The van der Waals surface area contributed by atoms with Gasteiger partial charge in [0.2, 0.25) is 5.91 Å². The zero-order chi connectivity index (χ0) is 22.5. The molecule has 0 bridgehead atoms. The molecule has 6 nitrogen and oxygen atoms in total. The van der Waals surface area contributed by atoms with Gasteiger partial charge in [-0.1, -0.05) is 49.4 Å². The summed E-state index contributed by atoms with van der Waals surface area (Å²) < 4.78 is 1.57. The molecule has 0 saturated carbocycles. The summed E-state index contributed by atoms with van der Waals surface area (Å²) in [5.74, 6) is 0.482. The van der Waals surface area contributed by atoms with Gasteiger partial charge in [0.05, 0.1) is 5.69 Å². The van der Waals surface area contributed by atoms with Crippen LogP contribution in [0.15, 0.2) is 59.4 Å². The van der Waals surface area contributed by atoms with Crippen molar-refractivity contribution >= 4 is 11.6 Å². The Morgan fingerprint density at radius 1 is 1.12 bits per heavy atom. The minimum atomic E-state index is -0.210. The van der Waals surface area contributed by atoms with E-state index in [1.165, 1.54) is 5.56 Å². The highest BCUT2D eigenvalue weighted by molar-refractivity contribution is 5.90. The monoisotopic (exact) mass is 430 g/mol. The average Bonchev–Trinajstić information content (AvgIpc) is 2.77. The summed E-state index contributed by atoms with van der Waals surface area (Å²) in [5, 5.41) is 2.91. The van der Waals surface area contributed by atoms with E-state index in [1.54, 1.807) is 4.57 Å². The van der Waals surface area contributed by atoms with Crippen LogP contribution in [0.1, 0.15) is 41.6 Å². The lowest BCUT2D eigenvalue weighted by Crippen LogP contribution is -2.40. The van der Waals surface area contributed by atoms with Crippen LogP contribution in [0.3, 0.4) is 0 Å². The number of amides is 1. The fourth-order valence-corrected chi connectivity index (χ4v) is 4.25. The highest BCUT2D eigenvalue weighted by Gasteiger charge is 2.24. The van der Waals surface area contributed by atoms with Gasteiger partial charge in [-0.25, -0.2) is 4.98 Å². The Balaban J connectivity index is 1.55. The molecule has 0 saturated heterocycles. The molecule has 166 valence electrons. The van der Waals surface area contributed by atoms with Crippen molar-refractivity contribution < 1.29 is 4.79 Å². The van der Waals surface area contributed by atoms with Crippen LogP contribution in [-0.4, -0.2) is 26.9 Å². The zero-order valence-corrected chi connectivity index (χ0v) is 18.8. The topological polar surface area (TPSA) is 67.2 Å². The van der Waals surface area contributed by atoms with Crippen LogP contribution in [0.4, 0.5) is 5.69 Å². The molecule has 0 unspecified atom stereocenters. The number of anilines is 1. The lowest BCUT2D eigenvalue weighted by atomic mass is 10.0. The maximum absolute atomic E-state index is 13.3. The molecule has 0 radical (unpaired) electrons. The molecule has 0 aliphatic carbocycles. The molecule has 4 rings (SSSR count). The Kier molecular flexibility index (Phi) is 6.81. The van der Waals surface area contributed by atoms with E-state index in [0.29, 0.717) is 25.2 Å². The van der Waals surface area contributed by atoms with E-state index >= 15 is 0 Å². The molecule has 1 N–H and O–H groups in total. The van der Waals surface area contributed by atoms with E-state index in [-0.39, 0.29) is 18.0 Å². The first-order chi connectivity index (χ1) is 15.5. The standard InChI is InChI=1S/C26H30N4O2/c1-3-8-24-28-23-17-29(16-20-10-5-4-6-11-20)14-13-22(23)26(32)30(24)18-25(31)27-21-12-7-9-19(2)15-21/h4-7,9-12,15H,3,8,13-14,16-18H2,1-2H3,(H,27,31). The van der Waals surface area contributed by atoms with Gasteiger partial charge in [-0.3, -0.25) is 19.1 Å². The van der Waals surface area contributed by atoms with Crippen LogP contribution >= 0.6 is 0 Å². The summed E-state index contributed by atoms with van der Waals surface area (Å²) in [6, 6.07) is 18.0. The lowest BCUT2D eigenvalue weighted by Gasteiger charge is -2.29. The second kappa shape index (κ2) is 9.92. The molecule has 2 aromatic carbocycles. The van der Waals surface area contributed by atoms with Gasteiger partial charge in [0.25, 0.3) is 5.56 Å². The zero-order valence-electron chi connectivity index (χ0n) is 18.8. The summed E-state index contributed by atoms with van der Waals surface area (Å²) in [6.07, 6.45) is 2.18. The third kappa shape index (κ3) is 5.14. The van der Waals surface area contributed by atoms with Crippen LogP contribution in [0.2, 0.25) is 0 Å². The van der Waals surface area contributed by atoms with Gasteiger partial charge >= 0.3 is 0 Å². The molecule has 0 spiro atoms. The Labute approximate surface area is 188 Å². The van der Waals surface area contributed by atoms with Gasteiger partial charge in [0.15, 0.2) is 0 Å². The number of hydrogen-bond acceptors (Lipinski definition) is 4. The predicted molar refractivity (Wildman–Crippen MR) is 127 cm³/mol. The predicted octanol–water partition coefficient (Wildman–Crippen LogP) is 3.70. The quantitative estimate of drug-likeness (QED) is 0.621. The number of nitrogens with one attached hydrogen (secondary N) is 1. The Morgan fingerprint density at radius 3 is 2.69 bits per heavy atom. The molecule has 32 heavy (non-hydrogen) atoms. The molecule has 1 aliphatic rings. The Bertz CT molecular complexity index is 1150. The molecule has 3 aromatic rings. The van der Waals surface area contributed by atoms with E-state index in [9.17, 15) is 9.59 Å². The van der Waals surface area contributed by atoms with Gasteiger partial charge in [-0.05, 0) is 43.0 Å². The maximum atomic E-state index is 13.3. The van der Waals surface area contributed by atoms with E-state index in [0.717, 1.165) is 42.0 Å². The van der Waals surface area contributed by atoms with Crippen LogP contribution in [0.25, 0.3) is 0 Å². The summed E-state index contributed by atoms with van der Waals surface area (Å²) in [5.41, 5.74) is 4.60. The van der Waals surface area contributed by atoms with Crippen molar-refractivity contribution in [2.45, 2.75) is 52.7 Å². The third-order valence-corrected chi connectivity index (χ3v) is 5.80. The van der Waals surface area contributed by atoms with Crippen molar-refractivity contribution in [3.63, 3.8) is 0 Å². The minimum absolute atomic E-state index is 0.0177. The van der Waals surface area contributed by atoms with Crippen LogP contribution in [-0.2, 0) is 37.3 Å². The molecular weight excluding hydrogens is 400 g/mol. The number of rotatable bonds is 7. The molecule has 0 fully saturated rings. The van der Waals surface area contributed by atoms with Gasteiger partial charge in [-0.2, -0.15) is 0 Å². The molecule has 1 aromatic heterocycles. The van der Waals surface area contributed by atoms with Crippen molar-refractivity contribution in [1.29, 1.82) is 0 Å². The van der Waals surface area contributed by atoms with Gasteiger partial charge in [0.1, 0.15) is 12.4 Å². The number of hydrogen-bond donors (Lipinski definition) is 1. The summed E-state index contributed by atoms with van der Waals surface area (Å²) in [7, 11) is 0. The number of aryl methyl sites for hydroxylation is 2. The first-order valence-corrected chi connectivity index (χ1v) is 11.3. The SMILES string of the molecule is CCCc1nc2c(c(=O)n1CC(=O)Nc1cccc(C)c1)CCN(Cc1ccccc1)C2. The molecular formula is C26H30N4O2. The summed E-state index contributed by atoms with van der Waals surface area (Å²) >= 11 is 0. The van der Waals surface area contributed by atoms with Crippen molar-refractivity contribution in [1.82, 2.24) is 14.5 Å². The number of carbonyl (C=O) groups excluding carboxylic acids is 1. The highest BCUT2D eigenvalue weighted by Crippen LogP contribution is 2.18. The smallest absolute Gasteiger partial charge is 0.257 e. The normalized spacial score (nSPS) is 13.6. The molecule has 6 heteroatoms. The number of fused-ring (bicyclic) bond motifs is 1. The largest absolute Gasteiger partial charge is 0.325 e. The van der Waals surface area contributed by atoms with Crippen LogP contribution in [0, 0.1) is 6.92 Å². The molecule has 0 atom stereocenters. The van der Waals surface area contributed by atoms with Crippen LogP contribution in [0.5, 0.6) is 0 Å². The van der Waals surface area contributed by atoms with Crippen molar-refractivity contribution in [2.75, 3.05) is 11.9 Å². The first-order valence-electron chi connectivity index (χ1n) is 11.3. The summed E-state index contributed by atoms with van der Waals surface area (Å²) in [6.45, 7) is 6.33. The number of aromatic nitrogens is 2. The molecule has 2 heterocycles. The Morgan fingerprint density at radius 2 is 1.94 bits per heavy atom. The fraction of sp³-hybridized carbons (Fsp3) is 0.346. The van der Waals surface area contributed by atoms with E-state index in [1.807, 2.05) is 49.4 Å². The number of benzene rings is 2. The third-order valence-electron chi connectivity index (χ3n) is 5.80. The minimum Gasteiger partial charge on any atom is -0.325 e. The van der Waals surface area contributed by atoms with E-state index in [2.05, 4.69) is 29.3 Å². The number of nitrogens with zero attached hydrogens (tertiary/aromatic N) is 3. The van der Waals surface area contributed by atoms with Gasteiger partial charge < -0.3 is 5.32 Å². The van der Waals surface area contributed by atoms with Crippen molar-refractivity contribution in [2.24, 2.45) is 0 Å². The van der Waals surface area contributed by atoms with E-state index < -0.39 is 0 Å².